The SMILES string of the molecule is O=C(c1ccc(Br)c(O)c1)N1CCCC(C(F)(F)F)C1. The Balaban J connectivity index is 2.14. The normalized spacial score (nSPS) is 20.0. The van der Waals surface area contributed by atoms with Crippen LogP contribution in [0.25, 0.3) is 0 Å². The van der Waals surface area contributed by atoms with Gasteiger partial charge in [0.25, 0.3) is 5.91 Å². The molecule has 1 fully saturated rings. The summed E-state index contributed by atoms with van der Waals surface area (Å²) in [4.78, 5) is 13.4. The number of piperidine rings is 1. The van der Waals surface area contributed by atoms with Gasteiger partial charge in [-0.3, -0.25) is 4.79 Å². The first kappa shape index (κ1) is 15.2. The number of phenols is 1. The summed E-state index contributed by atoms with van der Waals surface area (Å²) >= 11 is 3.09. The first-order chi connectivity index (χ1) is 9.29. The first-order valence-electron chi connectivity index (χ1n) is 6.13. The van der Waals surface area contributed by atoms with Crippen molar-refractivity contribution in [3.05, 3.63) is 28.2 Å². The fourth-order valence-corrected chi connectivity index (χ4v) is 2.50. The van der Waals surface area contributed by atoms with E-state index in [1.807, 2.05) is 0 Å². The predicted molar refractivity (Wildman–Crippen MR) is 70.5 cm³/mol. The van der Waals surface area contributed by atoms with Gasteiger partial charge in [-0.25, -0.2) is 0 Å². The molecule has 3 nitrogen and oxygen atoms in total. The molecular formula is C13H13BrF3NO2. The van der Waals surface area contributed by atoms with E-state index in [1.165, 1.54) is 23.1 Å². The van der Waals surface area contributed by atoms with E-state index in [0.717, 1.165) is 0 Å². The van der Waals surface area contributed by atoms with Gasteiger partial charge in [0, 0.05) is 18.7 Å². The number of rotatable bonds is 1. The van der Waals surface area contributed by atoms with Gasteiger partial charge >= 0.3 is 6.18 Å². The zero-order chi connectivity index (χ0) is 14.9. The Bertz CT molecular complexity index is 519. The summed E-state index contributed by atoms with van der Waals surface area (Å²) in [7, 11) is 0. The molecule has 2 rings (SSSR count). The first-order valence-corrected chi connectivity index (χ1v) is 6.93. The molecule has 1 N–H and O–H groups in total. The van der Waals surface area contributed by atoms with Gasteiger partial charge in [0.2, 0.25) is 0 Å². The Morgan fingerprint density at radius 2 is 2.10 bits per heavy atom. The lowest BCUT2D eigenvalue weighted by atomic mass is 9.97. The Morgan fingerprint density at radius 1 is 1.40 bits per heavy atom. The molecule has 0 aliphatic carbocycles. The molecule has 1 aromatic carbocycles. The second-order valence-corrected chi connectivity index (χ2v) is 5.65. The monoisotopic (exact) mass is 351 g/mol. The summed E-state index contributed by atoms with van der Waals surface area (Å²) in [5.41, 5.74) is 0.188. The van der Waals surface area contributed by atoms with E-state index < -0.39 is 18.0 Å². The molecule has 7 heteroatoms. The largest absolute Gasteiger partial charge is 0.507 e. The smallest absolute Gasteiger partial charge is 0.393 e. The maximum atomic E-state index is 12.7. The third kappa shape index (κ3) is 3.26. The summed E-state index contributed by atoms with van der Waals surface area (Å²) < 4.78 is 38.6. The molecule has 0 radical (unpaired) electrons. The lowest BCUT2D eigenvalue weighted by Crippen LogP contribution is -2.44. The summed E-state index contributed by atoms with van der Waals surface area (Å²) in [6, 6.07) is 4.22. The minimum atomic E-state index is -4.28. The number of carbonyl (C=O) groups excluding carboxylic acids is 1. The maximum Gasteiger partial charge on any atom is 0.393 e. The van der Waals surface area contributed by atoms with Crippen LogP contribution in [0.4, 0.5) is 13.2 Å². The highest BCUT2D eigenvalue weighted by Gasteiger charge is 2.42. The van der Waals surface area contributed by atoms with Crippen LogP contribution in [0.15, 0.2) is 22.7 Å². The van der Waals surface area contributed by atoms with Crippen molar-refractivity contribution in [3.63, 3.8) is 0 Å². The van der Waals surface area contributed by atoms with E-state index in [1.54, 1.807) is 0 Å². The minimum absolute atomic E-state index is 0.0544. The van der Waals surface area contributed by atoms with Crippen LogP contribution in [0.5, 0.6) is 5.75 Å². The summed E-state index contributed by atoms with van der Waals surface area (Å²) in [5.74, 6) is -2.06. The van der Waals surface area contributed by atoms with E-state index in [4.69, 9.17) is 0 Å². The lowest BCUT2D eigenvalue weighted by molar-refractivity contribution is -0.184. The van der Waals surface area contributed by atoms with E-state index in [9.17, 15) is 23.1 Å². The fourth-order valence-electron chi connectivity index (χ4n) is 2.26. The Morgan fingerprint density at radius 3 is 2.70 bits per heavy atom. The molecule has 20 heavy (non-hydrogen) atoms. The second-order valence-electron chi connectivity index (χ2n) is 4.80. The van der Waals surface area contributed by atoms with Gasteiger partial charge in [-0.1, -0.05) is 0 Å². The number of hydrogen-bond acceptors (Lipinski definition) is 2. The number of carbonyl (C=O) groups is 1. The van der Waals surface area contributed by atoms with Crippen LogP contribution in [0.3, 0.4) is 0 Å². The van der Waals surface area contributed by atoms with Crippen LogP contribution < -0.4 is 0 Å². The molecule has 0 saturated carbocycles. The maximum absolute atomic E-state index is 12.7. The third-order valence-electron chi connectivity index (χ3n) is 3.36. The van der Waals surface area contributed by atoms with Gasteiger partial charge < -0.3 is 10.0 Å². The van der Waals surface area contributed by atoms with Crippen LogP contribution in [-0.2, 0) is 0 Å². The molecule has 1 aromatic rings. The number of halogens is 4. The molecule has 110 valence electrons. The molecule has 1 amide bonds. The van der Waals surface area contributed by atoms with Crippen LogP contribution >= 0.6 is 15.9 Å². The van der Waals surface area contributed by atoms with Gasteiger partial charge in [-0.15, -0.1) is 0 Å². The van der Waals surface area contributed by atoms with Gasteiger partial charge in [0.05, 0.1) is 10.4 Å². The highest BCUT2D eigenvalue weighted by Crippen LogP contribution is 2.34. The van der Waals surface area contributed by atoms with Crippen LogP contribution in [0.1, 0.15) is 23.2 Å². The summed E-state index contributed by atoms with van der Waals surface area (Å²) in [6.45, 7) is -0.0125. The van der Waals surface area contributed by atoms with Crippen molar-refractivity contribution < 1.29 is 23.1 Å². The molecule has 1 atom stereocenters. The highest BCUT2D eigenvalue weighted by atomic mass is 79.9. The molecule has 1 aliphatic rings. The van der Waals surface area contributed by atoms with Gasteiger partial charge in [-0.05, 0) is 47.0 Å². The number of alkyl halides is 3. The summed E-state index contributed by atoms with van der Waals surface area (Å²) in [5, 5.41) is 9.53. The average Bonchev–Trinajstić information content (AvgIpc) is 2.40. The number of amides is 1. The summed E-state index contributed by atoms with van der Waals surface area (Å²) in [6.07, 6.45) is -3.89. The quantitative estimate of drug-likeness (QED) is 0.840. The average molecular weight is 352 g/mol. The predicted octanol–water partition coefficient (Wildman–Crippen LogP) is 3.57. The van der Waals surface area contributed by atoms with Crippen molar-refractivity contribution in [3.8, 4) is 5.75 Å². The second kappa shape index (κ2) is 5.63. The standard InChI is InChI=1S/C13H13BrF3NO2/c14-10-4-3-8(6-11(10)19)12(20)18-5-1-2-9(7-18)13(15,16)17/h3-4,6,9,19H,1-2,5,7H2. The third-order valence-corrected chi connectivity index (χ3v) is 4.04. The van der Waals surface area contributed by atoms with Gasteiger partial charge in [-0.2, -0.15) is 13.2 Å². The molecular weight excluding hydrogens is 339 g/mol. The Hall–Kier alpha value is -1.24. The van der Waals surface area contributed by atoms with E-state index >= 15 is 0 Å². The number of likely N-dealkylation sites (tertiary alicyclic amines) is 1. The van der Waals surface area contributed by atoms with E-state index in [2.05, 4.69) is 15.9 Å². The Labute approximate surface area is 122 Å². The molecule has 0 aromatic heterocycles. The van der Waals surface area contributed by atoms with Crippen LogP contribution in [-0.4, -0.2) is 35.2 Å². The van der Waals surface area contributed by atoms with Gasteiger partial charge in [0.15, 0.2) is 0 Å². The number of aromatic hydroxyl groups is 1. The molecule has 0 bridgehead atoms. The number of benzene rings is 1. The molecule has 0 spiro atoms. The van der Waals surface area contributed by atoms with E-state index in [0.29, 0.717) is 17.4 Å². The zero-order valence-corrected chi connectivity index (χ0v) is 12.0. The number of phenolic OH excluding ortho intramolecular Hbond substituents is 1. The fraction of sp³-hybridized carbons (Fsp3) is 0.462. The van der Waals surface area contributed by atoms with Crippen molar-refractivity contribution in [1.29, 1.82) is 0 Å². The minimum Gasteiger partial charge on any atom is -0.507 e. The molecule has 1 aliphatic heterocycles. The van der Waals surface area contributed by atoms with Crippen molar-refractivity contribution in [1.82, 2.24) is 4.90 Å². The lowest BCUT2D eigenvalue weighted by Gasteiger charge is -2.33. The molecule has 1 heterocycles. The number of hydrogen-bond donors (Lipinski definition) is 1. The zero-order valence-electron chi connectivity index (χ0n) is 10.5. The molecule has 1 unspecified atom stereocenters. The number of nitrogens with zero attached hydrogens (tertiary/aromatic N) is 1. The van der Waals surface area contributed by atoms with Crippen molar-refractivity contribution >= 4 is 21.8 Å². The highest BCUT2D eigenvalue weighted by molar-refractivity contribution is 9.10. The van der Waals surface area contributed by atoms with Crippen LogP contribution in [0, 0.1) is 5.92 Å². The molecule has 1 saturated heterocycles. The Kier molecular flexibility index (Phi) is 4.27. The van der Waals surface area contributed by atoms with Crippen molar-refractivity contribution in [2.75, 3.05) is 13.1 Å². The van der Waals surface area contributed by atoms with Crippen LogP contribution in [0.2, 0.25) is 0 Å². The van der Waals surface area contributed by atoms with Gasteiger partial charge in [0.1, 0.15) is 5.75 Å². The van der Waals surface area contributed by atoms with Crippen molar-refractivity contribution in [2.24, 2.45) is 5.92 Å². The van der Waals surface area contributed by atoms with E-state index in [-0.39, 0.29) is 24.3 Å². The van der Waals surface area contributed by atoms with Crippen molar-refractivity contribution in [2.45, 2.75) is 19.0 Å². The topological polar surface area (TPSA) is 40.5 Å².